The second kappa shape index (κ2) is 10.6. The van der Waals surface area contributed by atoms with Gasteiger partial charge in [0, 0.05) is 5.75 Å². The van der Waals surface area contributed by atoms with Gasteiger partial charge in [0.25, 0.3) is 0 Å². The van der Waals surface area contributed by atoms with Gasteiger partial charge in [-0.15, -0.1) is 0 Å². The summed E-state index contributed by atoms with van der Waals surface area (Å²) in [5.41, 5.74) is 0. The normalized spacial score (nSPS) is 7.71. The minimum atomic E-state index is 0. The Morgan fingerprint density at radius 1 is 1.71 bits per heavy atom. The first-order valence-corrected chi connectivity index (χ1v) is 3.89. The minimum absolute atomic E-state index is 0. The Kier molecular flexibility index (Phi) is 17.5. The van der Waals surface area contributed by atoms with E-state index in [0.717, 1.165) is 5.75 Å². The van der Waals surface area contributed by atoms with Crippen LogP contribution < -0.4 is 29.6 Å². The van der Waals surface area contributed by atoms with Crippen LogP contribution in [-0.2, 0) is 0 Å². The standard InChI is InChI=1S/C4H10S2.Na.H/c1-2-6-4-3-5;;/h5H,2-4H2,1H3;;/q;+1;-1. The van der Waals surface area contributed by atoms with Crippen LogP contribution >= 0.6 is 24.4 Å². The molecule has 0 rings (SSSR count). The average Bonchev–Trinajstić information content (AvgIpc) is 1.61. The van der Waals surface area contributed by atoms with Gasteiger partial charge in [-0.25, -0.2) is 0 Å². The van der Waals surface area contributed by atoms with Gasteiger partial charge in [-0.3, -0.25) is 0 Å². The molecular formula is C4H11NaS2. The molecule has 0 fully saturated rings. The zero-order valence-corrected chi connectivity index (χ0v) is 8.69. The second-order valence-electron chi connectivity index (χ2n) is 0.921. The summed E-state index contributed by atoms with van der Waals surface area (Å²) >= 11 is 5.97. The Morgan fingerprint density at radius 3 is 2.43 bits per heavy atom. The molecule has 3 heteroatoms. The number of hydrogen-bond donors (Lipinski definition) is 1. The Morgan fingerprint density at radius 2 is 2.29 bits per heavy atom. The van der Waals surface area contributed by atoms with Crippen LogP contribution in [0.15, 0.2) is 0 Å². The molecule has 0 aromatic rings. The maximum atomic E-state index is 4.03. The molecule has 0 aliphatic carbocycles. The van der Waals surface area contributed by atoms with Crippen LogP contribution in [0.3, 0.4) is 0 Å². The van der Waals surface area contributed by atoms with E-state index in [1.165, 1.54) is 11.5 Å². The zero-order chi connectivity index (χ0) is 4.83. The van der Waals surface area contributed by atoms with Crippen molar-refractivity contribution in [2.24, 2.45) is 0 Å². The molecule has 0 saturated carbocycles. The van der Waals surface area contributed by atoms with E-state index >= 15 is 0 Å². The number of hydrogen-bond acceptors (Lipinski definition) is 2. The van der Waals surface area contributed by atoms with Crippen LogP contribution in [0, 0.1) is 0 Å². The second-order valence-corrected chi connectivity index (χ2v) is 2.76. The summed E-state index contributed by atoms with van der Waals surface area (Å²) in [7, 11) is 0. The summed E-state index contributed by atoms with van der Waals surface area (Å²) in [5, 5.41) is 0. The number of rotatable bonds is 3. The first-order chi connectivity index (χ1) is 2.91. The molecular weight excluding hydrogens is 135 g/mol. The maximum Gasteiger partial charge on any atom is 1.00 e. The molecule has 0 saturated heterocycles. The summed E-state index contributed by atoms with van der Waals surface area (Å²) in [4.78, 5) is 0. The first kappa shape index (κ1) is 11.5. The molecule has 0 N–H and O–H groups in total. The van der Waals surface area contributed by atoms with Gasteiger partial charge < -0.3 is 1.43 Å². The summed E-state index contributed by atoms with van der Waals surface area (Å²) in [6, 6.07) is 0. The molecule has 40 valence electrons. The van der Waals surface area contributed by atoms with Crippen molar-refractivity contribution in [3.8, 4) is 0 Å². The fourth-order valence-corrected chi connectivity index (χ4v) is 1.01. The molecule has 0 spiro atoms. The van der Waals surface area contributed by atoms with Gasteiger partial charge >= 0.3 is 29.6 Å². The fourth-order valence-electron chi connectivity index (χ4n) is 0.209. The van der Waals surface area contributed by atoms with E-state index in [4.69, 9.17) is 0 Å². The third kappa shape index (κ3) is 11.3. The van der Waals surface area contributed by atoms with Gasteiger partial charge in [0.15, 0.2) is 0 Å². The molecule has 0 atom stereocenters. The summed E-state index contributed by atoms with van der Waals surface area (Å²) in [5.74, 6) is 3.43. The third-order valence-electron chi connectivity index (χ3n) is 0.440. The molecule has 0 bridgehead atoms. The van der Waals surface area contributed by atoms with E-state index in [2.05, 4.69) is 19.6 Å². The first-order valence-electron chi connectivity index (χ1n) is 2.10. The Labute approximate surface area is 79.0 Å². The van der Waals surface area contributed by atoms with E-state index in [-0.39, 0.29) is 31.0 Å². The van der Waals surface area contributed by atoms with Crippen molar-refractivity contribution in [2.45, 2.75) is 6.92 Å². The van der Waals surface area contributed by atoms with Gasteiger partial charge in [0.2, 0.25) is 0 Å². The average molecular weight is 146 g/mol. The smallest absolute Gasteiger partial charge is 1.00 e. The Hall–Kier alpha value is 1.70. The van der Waals surface area contributed by atoms with Gasteiger partial charge in [0.1, 0.15) is 0 Å². The van der Waals surface area contributed by atoms with Crippen molar-refractivity contribution in [1.29, 1.82) is 0 Å². The fraction of sp³-hybridized carbons (Fsp3) is 1.00. The molecule has 0 nitrogen and oxygen atoms in total. The van der Waals surface area contributed by atoms with Crippen LogP contribution in [0.2, 0.25) is 0 Å². The van der Waals surface area contributed by atoms with E-state index in [1.807, 2.05) is 11.8 Å². The van der Waals surface area contributed by atoms with Crippen molar-refractivity contribution in [1.82, 2.24) is 0 Å². The van der Waals surface area contributed by atoms with Gasteiger partial charge in [-0.1, -0.05) is 6.92 Å². The molecule has 0 aromatic heterocycles. The predicted octanol–water partition coefficient (Wildman–Crippen LogP) is -1.21. The largest absolute Gasteiger partial charge is 1.00 e. The van der Waals surface area contributed by atoms with E-state index in [1.54, 1.807) is 0 Å². The van der Waals surface area contributed by atoms with Crippen LogP contribution in [-0.4, -0.2) is 17.3 Å². The van der Waals surface area contributed by atoms with Crippen LogP contribution in [0.4, 0.5) is 0 Å². The SMILES string of the molecule is CCSCCS.[H-].[Na+]. The third-order valence-corrected chi connectivity index (χ3v) is 1.87. The Balaban J connectivity index is -0.000000125. The van der Waals surface area contributed by atoms with Crippen LogP contribution in [0.1, 0.15) is 8.35 Å². The Bertz CT molecular complexity index is 26.0. The van der Waals surface area contributed by atoms with Crippen molar-refractivity contribution in [2.75, 3.05) is 17.3 Å². The van der Waals surface area contributed by atoms with Crippen molar-refractivity contribution in [3.05, 3.63) is 0 Å². The van der Waals surface area contributed by atoms with Crippen LogP contribution in [0.5, 0.6) is 0 Å². The number of thioether (sulfide) groups is 1. The molecule has 0 aliphatic rings. The molecule has 0 heterocycles. The monoisotopic (exact) mass is 146 g/mol. The van der Waals surface area contributed by atoms with Gasteiger partial charge in [0.05, 0.1) is 0 Å². The molecule has 7 heavy (non-hydrogen) atoms. The summed E-state index contributed by atoms with van der Waals surface area (Å²) in [6.07, 6.45) is 0. The van der Waals surface area contributed by atoms with E-state index in [0.29, 0.717) is 0 Å². The number of thiol groups is 1. The molecule has 0 amide bonds. The topological polar surface area (TPSA) is 0 Å². The van der Waals surface area contributed by atoms with Crippen molar-refractivity contribution < 1.29 is 31.0 Å². The molecule has 0 aliphatic heterocycles. The minimum Gasteiger partial charge on any atom is -1.00 e. The predicted molar refractivity (Wildman–Crippen MR) is 38.0 cm³/mol. The van der Waals surface area contributed by atoms with Crippen LogP contribution in [0.25, 0.3) is 0 Å². The maximum absolute atomic E-state index is 4.03. The zero-order valence-electron chi connectivity index (χ0n) is 5.98. The molecule has 0 radical (unpaired) electrons. The molecule has 0 aromatic carbocycles. The quantitative estimate of drug-likeness (QED) is 0.296. The van der Waals surface area contributed by atoms with Gasteiger partial charge in [-0.2, -0.15) is 24.4 Å². The van der Waals surface area contributed by atoms with E-state index in [9.17, 15) is 0 Å². The summed E-state index contributed by atoms with van der Waals surface area (Å²) < 4.78 is 0. The van der Waals surface area contributed by atoms with Crippen molar-refractivity contribution >= 4 is 24.4 Å². The molecule has 0 unspecified atom stereocenters. The summed E-state index contributed by atoms with van der Waals surface area (Å²) in [6.45, 7) is 2.16. The van der Waals surface area contributed by atoms with E-state index < -0.39 is 0 Å². The van der Waals surface area contributed by atoms with Gasteiger partial charge in [-0.05, 0) is 11.5 Å². The van der Waals surface area contributed by atoms with Crippen molar-refractivity contribution in [3.63, 3.8) is 0 Å².